The highest BCUT2D eigenvalue weighted by atomic mass is 16.5. The van der Waals surface area contributed by atoms with Crippen molar-refractivity contribution >= 4 is 17.4 Å². The van der Waals surface area contributed by atoms with Crippen molar-refractivity contribution < 1.29 is 14.1 Å². The summed E-state index contributed by atoms with van der Waals surface area (Å²) in [6.45, 7) is 0. The van der Waals surface area contributed by atoms with Gasteiger partial charge >= 0.3 is 6.03 Å². The summed E-state index contributed by atoms with van der Waals surface area (Å²) in [6, 6.07) is 23.5. The molecule has 0 atom stereocenters. The van der Waals surface area contributed by atoms with Crippen LogP contribution in [0.5, 0.6) is 5.75 Å². The molecule has 2 N–H and O–H groups in total. The number of methoxy groups -OCH3 is 1. The molecule has 0 aliphatic rings. The van der Waals surface area contributed by atoms with Crippen molar-refractivity contribution in [2.75, 3.05) is 17.7 Å². The van der Waals surface area contributed by atoms with Crippen molar-refractivity contribution in [1.82, 2.24) is 10.1 Å². The lowest BCUT2D eigenvalue weighted by Gasteiger charge is -2.08. The van der Waals surface area contributed by atoms with E-state index in [1.165, 1.54) is 0 Å². The maximum Gasteiger partial charge on any atom is 0.323 e. The number of nitrogens with zero attached hydrogens (tertiary/aromatic N) is 2. The van der Waals surface area contributed by atoms with Crippen molar-refractivity contribution in [3.8, 4) is 28.6 Å². The fourth-order valence-corrected chi connectivity index (χ4v) is 2.74. The highest BCUT2D eigenvalue weighted by molar-refractivity contribution is 6.00. The molecule has 1 heterocycles. The van der Waals surface area contributed by atoms with Crippen LogP contribution in [0, 0.1) is 0 Å². The number of hydrogen-bond donors (Lipinski definition) is 2. The van der Waals surface area contributed by atoms with E-state index in [0.717, 1.165) is 16.9 Å². The Morgan fingerprint density at radius 2 is 1.59 bits per heavy atom. The summed E-state index contributed by atoms with van der Waals surface area (Å²) in [5, 5.41) is 9.62. The minimum absolute atomic E-state index is 0.333. The number of nitrogens with one attached hydrogen (secondary N) is 2. The van der Waals surface area contributed by atoms with Crippen LogP contribution in [-0.2, 0) is 0 Å². The molecule has 2 amide bonds. The molecule has 0 aliphatic heterocycles. The van der Waals surface area contributed by atoms with Crippen molar-refractivity contribution in [2.45, 2.75) is 0 Å². The maximum atomic E-state index is 12.2. The highest BCUT2D eigenvalue weighted by Gasteiger charge is 2.12. The molecule has 4 aromatic rings. The fraction of sp³-hybridized carbons (Fsp3) is 0.0455. The summed E-state index contributed by atoms with van der Waals surface area (Å²) >= 11 is 0. The van der Waals surface area contributed by atoms with Crippen molar-refractivity contribution in [3.63, 3.8) is 0 Å². The standard InChI is InChI=1S/C22H18N4O3/c1-28-19-12-10-15(11-13-19)21-25-20(26-29-21)16-6-5-9-18(14-16)24-22(27)23-17-7-3-2-4-8-17/h2-14H,1H3,(H2,23,24,27). The monoisotopic (exact) mass is 386 g/mol. The molecule has 0 unspecified atom stereocenters. The van der Waals surface area contributed by atoms with E-state index in [4.69, 9.17) is 9.26 Å². The fourth-order valence-electron chi connectivity index (χ4n) is 2.74. The smallest absolute Gasteiger partial charge is 0.323 e. The van der Waals surface area contributed by atoms with Gasteiger partial charge in [0, 0.05) is 22.5 Å². The molecule has 0 aliphatic carbocycles. The first-order valence-electron chi connectivity index (χ1n) is 8.93. The molecule has 3 aromatic carbocycles. The average molecular weight is 386 g/mol. The third kappa shape index (κ3) is 4.41. The topological polar surface area (TPSA) is 89.3 Å². The van der Waals surface area contributed by atoms with Crippen LogP contribution in [0.25, 0.3) is 22.8 Å². The third-order valence-corrected chi connectivity index (χ3v) is 4.17. The zero-order valence-corrected chi connectivity index (χ0v) is 15.6. The van der Waals surface area contributed by atoms with E-state index in [9.17, 15) is 4.79 Å². The number of carbonyl (C=O) groups excluding carboxylic acids is 1. The molecule has 0 radical (unpaired) electrons. The summed E-state index contributed by atoms with van der Waals surface area (Å²) in [5.74, 6) is 1.59. The minimum Gasteiger partial charge on any atom is -0.497 e. The van der Waals surface area contributed by atoms with Gasteiger partial charge in [-0.25, -0.2) is 4.79 Å². The van der Waals surface area contributed by atoms with Crippen molar-refractivity contribution in [2.24, 2.45) is 0 Å². The van der Waals surface area contributed by atoms with Gasteiger partial charge in [0.2, 0.25) is 5.82 Å². The number of anilines is 2. The second-order valence-electron chi connectivity index (χ2n) is 6.18. The van der Waals surface area contributed by atoms with E-state index in [-0.39, 0.29) is 6.03 Å². The van der Waals surface area contributed by atoms with Crippen LogP contribution in [-0.4, -0.2) is 23.3 Å². The van der Waals surface area contributed by atoms with Gasteiger partial charge in [-0.3, -0.25) is 0 Å². The highest BCUT2D eigenvalue weighted by Crippen LogP contribution is 2.25. The number of benzene rings is 3. The second-order valence-corrected chi connectivity index (χ2v) is 6.18. The summed E-state index contributed by atoms with van der Waals surface area (Å²) in [7, 11) is 1.61. The third-order valence-electron chi connectivity index (χ3n) is 4.17. The Balaban J connectivity index is 1.48. The first-order chi connectivity index (χ1) is 14.2. The first kappa shape index (κ1) is 18.2. The zero-order chi connectivity index (χ0) is 20.1. The molecule has 144 valence electrons. The van der Waals surface area contributed by atoms with Gasteiger partial charge in [0.1, 0.15) is 5.75 Å². The maximum absolute atomic E-state index is 12.2. The average Bonchev–Trinajstić information content (AvgIpc) is 3.25. The molecule has 7 nitrogen and oxygen atoms in total. The van der Waals surface area contributed by atoms with Gasteiger partial charge in [0.05, 0.1) is 7.11 Å². The molecule has 0 spiro atoms. The number of carbonyl (C=O) groups is 1. The number of urea groups is 1. The van der Waals surface area contributed by atoms with Crippen molar-refractivity contribution in [1.29, 1.82) is 0 Å². The quantitative estimate of drug-likeness (QED) is 0.501. The summed E-state index contributed by atoms with van der Waals surface area (Å²) in [6.07, 6.45) is 0. The first-order valence-corrected chi connectivity index (χ1v) is 8.93. The van der Waals surface area contributed by atoms with Crippen LogP contribution >= 0.6 is 0 Å². The second kappa shape index (κ2) is 8.26. The number of para-hydroxylation sites is 1. The van der Waals surface area contributed by atoms with E-state index in [1.807, 2.05) is 66.7 Å². The summed E-state index contributed by atoms with van der Waals surface area (Å²) in [5.41, 5.74) is 2.85. The normalized spacial score (nSPS) is 10.4. The molecular formula is C22H18N4O3. The number of ether oxygens (including phenoxy) is 1. The largest absolute Gasteiger partial charge is 0.497 e. The Hall–Kier alpha value is -4.13. The van der Waals surface area contributed by atoms with Gasteiger partial charge < -0.3 is 19.9 Å². The lowest BCUT2D eigenvalue weighted by molar-refractivity contribution is 0.262. The number of rotatable bonds is 5. The minimum atomic E-state index is -0.333. The molecular weight excluding hydrogens is 368 g/mol. The van der Waals surface area contributed by atoms with Crippen LogP contribution in [0.4, 0.5) is 16.2 Å². The molecule has 0 bridgehead atoms. The van der Waals surface area contributed by atoms with E-state index < -0.39 is 0 Å². The molecule has 0 saturated carbocycles. The summed E-state index contributed by atoms with van der Waals surface area (Å²) in [4.78, 5) is 16.6. The van der Waals surface area contributed by atoms with E-state index in [2.05, 4.69) is 20.8 Å². The molecule has 1 aromatic heterocycles. The lowest BCUT2D eigenvalue weighted by Crippen LogP contribution is -2.19. The number of hydrogen-bond acceptors (Lipinski definition) is 5. The van der Waals surface area contributed by atoms with Crippen LogP contribution in [0.3, 0.4) is 0 Å². The Bertz CT molecular complexity index is 1110. The van der Waals surface area contributed by atoms with Gasteiger partial charge in [-0.1, -0.05) is 35.5 Å². The zero-order valence-electron chi connectivity index (χ0n) is 15.6. The van der Waals surface area contributed by atoms with Crippen LogP contribution in [0.15, 0.2) is 83.4 Å². The SMILES string of the molecule is COc1ccc(-c2nc(-c3cccc(NC(=O)Nc4ccccc4)c3)no2)cc1. The lowest BCUT2D eigenvalue weighted by atomic mass is 10.2. The molecule has 0 fully saturated rings. The predicted octanol–water partition coefficient (Wildman–Crippen LogP) is 5.06. The van der Waals surface area contributed by atoms with Gasteiger partial charge in [-0.15, -0.1) is 0 Å². The van der Waals surface area contributed by atoms with Crippen LogP contribution < -0.4 is 15.4 Å². The van der Waals surface area contributed by atoms with Crippen molar-refractivity contribution in [3.05, 3.63) is 78.9 Å². The number of aromatic nitrogens is 2. The van der Waals surface area contributed by atoms with Gasteiger partial charge in [-0.05, 0) is 48.5 Å². The van der Waals surface area contributed by atoms with Gasteiger partial charge in [-0.2, -0.15) is 4.98 Å². The van der Waals surface area contributed by atoms with E-state index in [0.29, 0.717) is 23.1 Å². The van der Waals surface area contributed by atoms with Gasteiger partial charge in [0.25, 0.3) is 5.89 Å². The van der Waals surface area contributed by atoms with Crippen LogP contribution in [0.1, 0.15) is 0 Å². The van der Waals surface area contributed by atoms with E-state index in [1.54, 1.807) is 19.2 Å². The Morgan fingerprint density at radius 1 is 0.862 bits per heavy atom. The van der Waals surface area contributed by atoms with Gasteiger partial charge in [0.15, 0.2) is 0 Å². The molecule has 7 heteroatoms. The number of amides is 2. The Morgan fingerprint density at radius 3 is 2.34 bits per heavy atom. The Kier molecular flexibility index (Phi) is 5.20. The van der Waals surface area contributed by atoms with E-state index >= 15 is 0 Å². The Labute approximate surface area is 167 Å². The predicted molar refractivity (Wildman–Crippen MR) is 111 cm³/mol. The summed E-state index contributed by atoms with van der Waals surface area (Å²) < 4.78 is 10.5. The molecule has 4 rings (SSSR count). The molecule has 29 heavy (non-hydrogen) atoms. The van der Waals surface area contributed by atoms with Crippen LogP contribution in [0.2, 0.25) is 0 Å². The molecule has 0 saturated heterocycles.